The number of fused-ring (bicyclic) bond motifs is 2. The van der Waals surface area contributed by atoms with Crippen LogP contribution in [0, 0.1) is 0 Å². The van der Waals surface area contributed by atoms with Gasteiger partial charge in [-0.2, -0.15) is 0 Å². The number of carbonyl (C=O) groups excluding carboxylic acids is 1. The standard InChI is InChI=1S/C26H32N4O2Si/c1-8-30-23-20(10-9-17-27-23)25(31)29(5)22-16-15-21(28-24(22)30)18-11-13-19(14-12-18)32-33(6,7)26(2,3)4/h9-17H,8H2,1-7H3. The van der Waals surface area contributed by atoms with Gasteiger partial charge in [-0.15, -0.1) is 0 Å². The Morgan fingerprint density at radius 1 is 1.00 bits per heavy atom. The molecule has 0 atom stereocenters. The molecule has 4 rings (SSSR count). The van der Waals surface area contributed by atoms with Crippen molar-refractivity contribution in [2.45, 2.75) is 45.8 Å². The molecule has 2 aromatic heterocycles. The van der Waals surface area contributed by atoms with Crippen LogP contribution in [-0.2, 0) is 0 Å². The second kappa shape index (κ2) is 8.30. The maximum atomic E-state index is 13.1. The summed E-state index contributed by atoms with van der Waals surface area (Å²) in [6.45, 7) is 13.9. The van der Waals surface area contributed by atoms with Crippen LogP contribution in [0.3, 0.4) is 0 Å². The fourth-order valence-electron chi connectivity index (χ4n) is 3.67. The summed E-state index contributed by atoms with van der Waals surface area (Å²) in [6.07, 6.45) is 1.71. The van der Waals surface area contributed by atoms with Crippen molar-refractivity contribution >= 4 is 31.5 Å². The molecule has 7 heteroatoms. The monoisotopic (exact) mass is 460 g/mol. The van der Waals surface area contributed by atoms with Gasteiger partial charge in [0.1, 0.15) is 11.6 Å². The van der Waals surface area contributed by atoms with Crippen molar-refractivity contribution in [1.29, 1.82) is 0 Å². The quantitative estimate of drug-likeness (QED) is 0.429. The molecule has 0 saturated heterocycles. The third-order valence-electron chi connectivity index (χ3n) is 6.69. The molecule has 0 unspecified atom stereocenters. The second-order valence-corrected chi connectivity index (χ2v) is 14.6. The summed E-state index contributed by atoms with van der Waals surface area (Å²) in [5, 5.41) is 0.141. The van der Waals surface area contributed by atoms with E-state index in [4.69, 9.17) is 9.41 Å². The molecule has 33 heavy (non-hydrogen) atoms. The van der Waals surface area contributed by atoms with Crippen molar-refractivity contribution in [1.82, 2.24) is 9.97 Å². The molecule has 0 bridgehead atoms. The summed E-state index contributed by atoms with van der Waals surface area (Å²) in [4.78, 5) is 26.2. The maximum absolute atomic E-state index is 13.1. The molecule has 1 aliphatic heterocycles. The number of rotatable bonds is 4. The first-order chi connectivity index (χ1) is 15.5. The number of aromatic nitrogens is 2. The molecule has 0 N–H and O–H groups in total. The SMILES string of the molecule is CCN1c2ncccc2C(=O)N(C)c2ccc(-c3ccc(O[Si](C)(C)C(C)(C)C)cc3)nc21. The van der Waals surface area contributed by atoms with Gasteiger partial charge in [0.25, 0.3) is 5.91 Å². The molecule has 0 radical (unpaired) electrons. The fraction of sp³-hybridized carbons (Fsp3) is 0.346. The van der Waals surface area contributed by atoms with Crippen LogP contribution >= 0.6 is 0 Å². The lowest BCUT2D eigenvalue weighted by atomic mass is 10.1. The van der Waals surface area contributed by atoms with Crippen LogP contribution in [0.15, 0.2) is 54.7 Å². The largest absolute Gasteiger partial charge is 0.544 e. The zero-order valence-corrected chi connectivity index (χ0v) is 21.5. The Hall–Kier alpha value is -3.19. The van der Waals surface area contributed by atoms with Crippen LogP contribution in [-0.4, -0.2) is 37.8 Å². The average molecular weight is 461 g/mol. The topological polar surface area (TPSA) is 58.6 Å². The normalized spacial score (nSPS) is 14.0. The predicted octanol–water partition coefficient (Wildman–Crippen LogP) is 6.28. The van der Waals surface area contributed by atoms with Gasteiger partial charge in [0, 0.05) is 25.4 Å². The molecule has 6 nitrogen and oxygen atoms in total. The number of hydrogen-bond donors (Lipinski definition) is 0. The average Bonchev–Trinajstić information content (AvgIpc) is 2.86. The molecule has 1 amide bonds. The number of anilines is 3. The van der Waals surface area contributed by atoms with Crippen LogP contribution < -0.4 is 14.2 Å². The van der Waals surface area contributed by atoms with E-state index in [0.717, 1.165) is 28.5 Å². The molecule has 0 aliphatic carbocycles. The zero-order chi connectivity index (χ0) is 24.0. The van der Waals surface area contributed by atoms with Gasteiger partial charge in [0.15, 0.2) is 5.82 Å². The van der Waals surface area contributed by atoms with E-state index in [9.17, 15) is 4.79 Å². The molecule has 3 heterocycles. The minimum Gasteiger partial charge on any atom is -0.544 e. The van der Waals surface area contributed by atoms with Crippen LogP contribution in [0.25, 0.3) is 11.3 Å². The summed E-state index contributed by atoms with van der Waals surface area (Å²) in [7, 11) is -0.113. The third-order valence-corrected chi connectivity index (χ3v) is 11.1. The Morgan fingerprint density at radius 2 is 1.70 bits per heavy atom. The van der Waals surface area contributed by atoms with E-state index in [1.807, 2.05) is 54.3 Å². The van der Waals surface area contributed by atoms with Gasteiger partial charge < -0.3 is 14.2 Å². The lowest BCUT2D eigenvalue weighted by Gasteiger charge is -2.36. The van der Waals surface area contributed by atoms with Gasteiger partial charge in [0.05, 0.1) is 16.9 Å². The highest BCUT2D eigenvalue weighted by Crippen LogP contribution is 2.40. The van der Waals surface area contributed by atoms with E-state index in [0.29, 0.717) is 17.9 Å². The Labute approximate surface area is 197 Å². The van der Waals surface area contributed by atoms with Crippen LogP contribution in [0.1, 0.15) is 38.1 Å². The van der Waals surface area contributed by atoms with Gasteiger partial charge in [-0.1, -0.05) is 20.8 Å². The molecule has 3 aromatic rings. The van der Waals surface area contributed by atoms with E-state index >= 15 is 0 Å². The van der Waals surface area contributed by atoms with E-state index in [-0.39, 0.29) is 10.9 Å². The molecule has 0 fully saturated rings. The van der Waals surface area contributed by atoms with Crippen molar-refractivity contribution in [3.05, 3.63) is 60.3 Å². The fourth-order valence-corrected chi connectivity index (χ4v) is 4.70. The van der Waals surface area contributed by atoms with E-state index in [1.165, 1.54) is 0 Å². The van der Waals surface area contributed by atoms with Crippen molar-refractivity contribution in [3.8, 4) is 17.0 Å². The Balaban J connectivity index is 1.72. The Morgan fingerprint density at radius 3 is 2.33 bits per heavy atom. The van der Waals surface area contributed by atoms with Crippen molar-refractivity contribution in [2.75, 3.05) is 23.4 Å². The minimum atomic E-state index is -1.90. The van der Waals surface area contributed by atoms with Gasteiger partial charge in [-0.25, -0.2) is 9.97 Å². The van der Waals surface area contributed by atoms with Crippen LogP contribution in [0.5, 0.6) is 5.75 Å². The van der Waals surface area contributed by atoms with E-state index < -0.39 is 8.32 Å². The number of pyridine rings is 2. The highest BCUT2D eigenvalue weighted by molar-refractivity contribution is 6.74. The summed E-state index contributed by atoms with van der Waals surface area (Å²) in [5.74, 6) is 2.17. The Kier molecular flexibility index (Phi) is 5.78. The van der Waals surface area contributed by atoms with E-state index in [2.05, 4.69) is 38.8 Å². The number of amides is 1. The summed E-state index contributed by atoms with van der Waals surface area (Å²) >= 11 is 0. The third kappa shape index (κ3) is 4.13. The summed E-state index contributed by atoms with van der Waals surface area (Å²) in [5.41, 5.74) is 3.18. The predicted molar refractivity (Wildman–Crippen MR) is 137 cm³/mol. The van der Waals surface area contributed by atoms with Crippen molar-refractivity contribution in [3.63, 3.8) is 0 Å². The molecule has 1 aromatic carbocycles. The van der Waals surface area contributed by atoms with Gasteiger partial charge >= 0.3 is 0 Å². The highest BCUT2D eigenvalue weighted by Gasteiger charge is 2.39. The van der Waals surface area contributed by atoms with Gasteiger partial charge in [0.2, 0.25) is 8.32 Å². The lowest BCUT2D eigenvalue weighted by Crippen LogP contribution is -2.43. The van der Waals surface area contributed by atoms with E-state index in [1.54, 1.807) is 24.2 Å². The highest BCUT2D eigenvalue weighted by atomic mass is 28.4. The number of hydrogen-bond acceptors (Lipinski definition) is 5. The van der Waals surface area contributed by atoms with Crippen molar-refractivity contribution < 1.29 is 9.22 Å². The maximum Gasteiger partial charge on any atom is 0.261 e. The molecular weight excluding hydrogens is 428 g/mol. The summed E-state index contributed by atoms with van der Waals surface area (Å²) < 4.78 is 6.42. The number of carbonyl (C=O) groups is 1. The first-order valence-corrected chi connectivity index (χ1v) is 14.3. The molecular formula is C26H32N4O2Si. The van der Waals surface area contributed by atoms with Crippen LogP contribution in [0.2, 0.25) is 18.1 Å². The minimum absolute atomic E-state index is 0.0861. The van der Waals surface area contributed by atoms with Crippen molar-refractivity contribution in [2.24, 2.45) is 0 Å². The van der Waals surface area contributed by atoms with Gasteiger partial charge in [-0.05, 0) is 73.6 Å². The van der Waals surface area contributed by atoms with Gasteiger partial charge in [-0.3, -0.25) is 4.79 Å². The molecule has 0 saturated carbocycles. The first kappa shape index (κ1) is 23.0. The molecule has 0 spiro atoms. The first-order valence-electron chi connectivity index (χ1n) is 11.3. The zero-order valence-electron chi connectivity index (χ0n) is 20.5. The number of nitrogens with zero attached hydrogens (tertiary/aromatic N) is 4. The molecule has 172 valence electrons. The second-order valence-electron chi connectivity index (χ2n) is 9.91. The molecule has 1 aliphatic rings. The summed E-state index contributed by atoms with van der Waals surface area (Å²) in [6, 6.07) is 15.7. The number of benzene rings is 1. The van der Waals surface area contributed by atoms with Crippen LogP contribution in [0.4, 0.5) is 17.3 Å². The Bertz CT molecular complexity index is 1190. The smallest absolute Gasteiger partial charge is 0.261 e. The lowest BCUT2D eigenvalue weighted by molar-refractivity contribution is 0.0994.